The number of hydrogen-bond donors (Lipinski definition) is 2. The van der Waals surface area contributed by atoms with E-state index in [1.54, 1.807) is 11.8 Å². The number of benzene rings is 1. The lowest BCUT2D eigenvalue weighted by Crippen LogP contribution is -2.31. The lowest BCUT2D eigenvalue weighted by molar-refractivity contribution is -0.125. The SMILES string of the molecule is COCC(=O)NCC(O)c1ccc(SC)cc1. The van der Waals surface area contributed by atoms with Crippen LogP contribution in [0.2, 0.25) is 0 Å². The first-order valence-corrected chi connectivity index (χ1v) is 6.47. The van der Waals surface area contributed by atoms with E-state index in [0.29, 0.717) is 0 Å². The van der Waals surface area contributed by atoms with Crippen LogP contribution in [-0.2, 0) is 9.53 Å². The predicted octanol–water partition coefficient (Wildman–Crippen LogP) is 1.20. The normalized spacial score (nSPS) is 12.2. The average molecular weight is 255 g/mol. The molecule has 0 radical (unpaired) electrons. The zero-order chi connectivity index (χ0) is 12.7. The standard InChI is InChI=1S/C12H17NO3S/c1-16-8-12(15)13-7-11(14)9-3-5-10(17-2)6-4-9/h3-6,11,14H,7-8H2,1-2H3,(H,13,15). The Hall–Kier alpha value is -1.04. The second-order valence-electron chi connectivity index (χ2n) is 3.53. The van der Waals surface area contributed by atoms with E-state index >= 15 is 0 Å². The number of carbonyl (C=O) groups is 1. The van der Waals surface area contributed by atoms with E-state index in [0.717, 1.165) is 10.5 Å². The summed E-state index contributed by atoms with van der Waals surface area (Å²) in [7, 11) is 1.46. The fourth-order valence-electron chi connectivity index (χ4n) is 1.34. The first kappa shape index (κ1) is 14.0. The monoisotopic (exact) mass is 255 g/mol. The molecule has 1 atom stereocenters. The number of hydrogen-bond acceptors (Lipinski definition) is 4. The largest absolute Gasteiger partial charge is 0.387 e. The van der Waals surface area contributed by atoms with Gasteiger partial charge in [-0.3, -0.25) is 4.79 Å². The Kier molecular flexibility index (Phi) is 6.04. The predicted molar refractivity (Wildman–Crippen MR) is 68.1 cm³/mol. The van der Waals surface area contributed by atoms with Gasteiger partial charge in [0.25, 0.3) is 0 Å². The second-order valence-corrected chi connectivity index (χ2v) is 4.41. The van der Waals surface area contributed by atoms with Gasteiger partial charge in [0.15, 0.2) is 0 Å². The van der Waals surface area contributed by atoms with Gasteiger partial charge in [0.1, 0.15) is 6.61 Å². The molecule has 1 unspecified atom stereocenters. The summed E-state index contributed by atoms with van der Waals surface area (Å²) in [4.78, 5) is 12.3. The van der Waals surface area contributed by atoms with Gasteiger partial charge in [0.05, 0.1) is 6.10 Å². The summed E-state index contributed by atoms with van der Waals surface area (Å²) < 4.78 is 4.68. The molecule has 4 nitrogen and oxygen atoms in total. The molecule has 0 spiro atoms. The van der Waals surface area contributed by atoms with E-state index in [4.69, 9.17) is 0 Å². The number of ether oxygens (including phenoxy) is 1. The van der Waals surface area contributed by atoms with Gasteiger partial charge in [-0.05, 0) is 24.0 Å². The van der Waals surface area contributed by atoms with E-state index in [9.17, 15) is 9.90 Å². The molecular formula is C12H17NO3S. The van der Waals surface area contributed by atoms with Crippen LogP contribution >= 0.6 is 11.8 Å². The summed E-state index contributed by atoms with van der Waals surface area (Å²) >= 11 is 1.65. The molecule has 94 valence electrons. The number of aliphatic hydroxyl groups excluding tert-OH is 1. The van der Waals surface area contributed by atoms with Crippen LogP contribution in [0.3, 0.4) is 0 Å². The van der Waals surface area contributed by atoms with Crippen LogP contribution in [0.1, 0.15) is 11.7 Å². The van der Waals surface area contributed by atoms with Crippen LogP contribution in [0.25, 0.3) is 0 Å². The molecule has 0 saturated carbocycles. The van der Waals surface area contributed by atoms with E-state index in [1.165, 1.54) is 7.11 Å². The van der Waals surface area contributed by atoms with Gasteiger partial charge in [0, 0.05) is 18.6 Å². The van der Waals surface area contributed by atoms with Gasteiger partial charge in [-0.15, -0.1) is 11.8 Å². The third-order valence-electron chi connectivity index (χ3n) is 2.27. The quantitative estimate of drug-likeness (QED) is 0.750. The summed E-state index contributed by atoms with van der Waals surface area (Å²) in [5.41, 5.74) is 0.792. The number of nitrogens with one attached hydrogen (secondary N) is 1. The third-order valence-corrected chi connectivity index (χ3v) is 3.01. The number of amides is 1. The summed E-state index contributed by atoms with van der Waals surface area (Å²) in [6.45, 7) is 0.207. The Morgan fingerprint density at radius 1 is 1.47 bits per heavy atom. The van der Waals surface area contributed by atoms with Crippen molar-refractivity contribution in [2.24, 2.45) is 0 Å². The van der Waals surface area contributed by atoms with Crippen molar-refractivity contribution in [2.45, 2.75) is 11.0 Å². The second kappa shape index (κ2) is 7.32. The number of methoxy groups -OCH3 is 1. The third kappa shape index (κ3) is 4.77. The minimum atomic E-state index is -0.688. The van der Waals surface area contributed by atoms with Gasteiger partial charge < -0.3 is 15.2 Å². The molecule has 0 aliphatic carbocycles. The number of thioether (sulfide) groups is 1. The summed E-state index contributed by atoms with van der Waals surface area (Å²) in [6, 6.07) is 7.61. The highest BCUT2D eigenvalue weighted by Crippen LogP contribution is 2.18. The van der Waals surface area contributed by atoms with Gasteiger partial charge in [-0.1, -0.05) is 12.1 Å². The highest BCUT2D eigenvalue weighted by Gasteiger charge is 2.09. The molecule has 17 heavy (non-hydrogen) atoms. The summed E-state index contributed by atoms with van der Waals surface area (Å²) in [5, 5.41) is 12.4. The molecule has 0 bridgehead atoms. The lowest BCUT2D eigenvalue weighted by atomic mass is 10.1. The van der Waals surface area contributed by atoms with Gasteiger partial charge in [0.2, 0.25) is 5.91 Å². The molecule has 0 aromatic heterocycles. The molecular weight excluding hydrogens is 238 g/mol. The lowest BCUT2D eigenvalue weighted by Gasteiger charge is -2.12. The van der Waals surface area contributed by atoms with Crippen LogP contribution in [0.4, 0.5) is 0 Å². The van der Waals surface area contributed by atoms with E-state index in [1.807, 2.05) is 30.5 Å². The number of aliphatic hydroxyl groups is 1. The van der Waals surface area contributed by atoms with E-state index in [-0.39, 0.29) is 19.1 Å². The molecule has 0 aliphatic heterocycles. The molecule has 0 fully saturated rings. The number of carbonyl (C=O) groups excluding carboxylic acids is 1. The summed E-state index contributed by atoms with van der Waals surface area (Å²) in [6.07, 6.45) is 1.31. The Bertz CT molecular complexity index is 353. The zero-order valence-electron chi connectivity index (χ0n) is 9.97. The number of rotatable bonds is 6. The van der Waals surface area contributed by atoms with Crippen LogP contribution in [0, 0.1) is 0 Å². The zero-order valence-corrected chi connectivity index (χ0v) is 10.8. The highest BCUT2D eigenvalue weighted by atomic mass is 32.2. The molecule has 1 aromatic rings. The van der Waals surface area contributed by atoms with Crippen molar-refractivity contribution < 1.29 is 14.6 Å². The smallest absolute Gasteiger partial charge is 0.246 e. The minimum absolute atomic E-state index is 0.0120. The Morgan fingerprint density at radius 2 is 2.12 bits per heavy atom. The maximum absolute atomic E-state index is 11.1. The van der Waals surface area contributed by atoms with Crippen LogP contribution < -0.4 is 5.32 Å². The van der Waals surface area contributed by atoms with Crippen LogP contribution in [0.5, 0.6) is 0 Å². The van der Waals surface area contributed by atoms with Gasteiger partial charge >= 0.3 is 0 Å². The fraction of sp³-hybridized carbons (Fsp3) is 0.417. The Morgan fingerprint density at radius 3 is 2.65 bits per heavy atom. The topological polar surface area (TPSA) is 58.6 Å². The molecule has 0 aliphatic rings. The molecule has 0 heterocycles. The molecule has 1 rings (SSSR count). The van der Waals surface area contributed by atoms with Crippen molar-refractivity contribution in [1.82, 2.24) is 5.32 Å². The van der Waals surface area contributed by atoms with Crippen LogP contribution in [-0.4, -0.2) is 37.5 Å². The van der Waals surface area contributed by atoms with Crippen molar-refractivity contribution in [2.75, 3.05) is 26.5 Å². The van der Waals surface area contributed by atoms with Crippen molar-refractivity contribution in [3.8, 4) is 0 Å². The van der Waals surface area contributed by atoms with Gasteiger partial charge in [-0.2, -0.15) is 0 Å². The fourth-order valence-corrected chi connectivity index (χ4v) is 1.74. The Balaban J connectivity index is 2.46. The molecule has 5 heteroatoms. The van der Waals surface area contributed by atoms with Crippen molar-refractivity contribution in [3.63, 3.8) is 0 Å². The molecule has 1 amide bonds. The van der Waals surface area contributed by atoms with E-state index in [2.05, 4.69) is 10.1 Å². The summed E-state index contributed by atoms with van der Waals surface area (Å²) in [5.74, 6) is -0.229. The van der Waals surface area contributed by atoms with E-state index < -0.39 is 6.10 Å². The van der Waals surface area contributed by atoms with Crippen molar-refractivity contribution in [1.29, 1.82) is 0 Å². The molecule has 2 N–H and O–H groups in total. The minimum Gasteiger partial charge on any atom is -0.387 e. The van der Waals surface area contributed by atoms with Crippen LogP contribution in [0.15, 0.2) is 29.2 Å². The maximum Gasteiger partial charge on any atom is 0.246 e. The maximum atomic E-state index is 11.1. The van der Waals surface area contributed by atoms with Gasteiger partial charge in [-0.25, -0.2) is 0 Å². The molecule has 0 saturated heterocycles. The first-order valence-electron chi connectivity index (χ1n) is 5.25. The first-order chi connectivity index (χ1) is 8.17. The highest BCUT2D eigenvalue weighted by molar-refractivity contribution is 7.98. The van der Waals surface area contributed by atoms with Crippen molar-refractivity contribution in [3.05, 3.63) is 29.8 Å². The Labute approximate surface area is 105 Å². The average Bonchev–Trinajstić information content (AvgIpc) is 2.36. The molecule has 1 aromatic carbocycles. The van der Waals surface area contributed by atoms with Crippen molar-refractivity contribution >= 4 is 17.7 Å².